The van der Waals surface area contributed by atoms with Gasteiger partial charge in [0.15, 0.2) is 0 Å². The van der Waals surface area contributed by atoms with E-state index >= 15 is 0 Å². The molecule has 0 saturated heterocycles. The third kappa shape index (κ3) is 4.64. The molecular formula is C10H30N4Si2. The zero-order valence-electron chi connectivity index (χ0n) is 12.1. The van der Waals surface area contributed by atoms with Gasteiger partial charge in [0.1, 0.15) is 0 Å². The van der Waals surface area contributed by atoms with E-state index in [1.807, 2.05) is 0 Å². The van der Waals surface area contributed by atoms with Crippen molar-refractivity contribution in [2.75, 3.05) is 33.4 Å². The van der Waals surface area contributed by atoms with E-state index in [0.717, 1.165) is 19.3 Å². The van der Waals surface area contributed by atoms with E-state index in [1.54, 1.807) is 0 Å². The topological polar surface area (TPSA) is 39.3 Å². The number of nitrogens with one attached hydrogen (secondary N) is 3. The summed E-state index contributed by atoms with van der Waals surface area (Å²) in [6.45, 7) is 13.8. The maximum atomic E-state index is 3.78. The molecule has 0 aromatic carbocycles. The Labute approximate surface area is 104 Å². The summed E-state index contributed by atoms with van der Waals surface area (Å²) in [5, 5.41) is 0. The molecule has 6 heteroatoms. The molecular weight excluding hydrogens is 232 g/mol. The van der Waals surface area contributed by atoms with Crippen LogP contribution in [-0.4, -0.2) is 54.7 Å². The van der Waals surface area contributed by atoms with E-state index in [1.165, 1.54) is 0 Å². The lowest BCUT2D eigenvalue weighted by atomic mass is 10.7. The first-order valence-electron chi connectivity index (χ1n) is 6.23. The van der Waals surface area contributed by atoms with Crippen molar-refractivity contribution >= 4 is 16.8 Å². The predicted molar refractivity (Wildman–Crippen MR) is 78.1 cm³/mol. The minimum Gasteiger partial charge on any atom is -0.303 e. The predicted octanol–water partition coefficient (Wildman–Crippen LogP) is 0.670. The fourth-order valence-electron chi connectivity index (χ4n) is 1.82. The van der Waals surface area contributed by atoms with Crippen LogP contribution in [0.3, 0.4) is 0 Å². The zero-order chi connectivity index (χ0) is 12.8. The molecule has 98 valence electrons. The average Bonchev–Trinajstić information content (AvgIpc) is 2.23. The Bertz CT molecular complexity index is 186. The highest BCUT2D eigenvalue weighted by Gasteiger charge is 2.38. The monoisotopic (exact) mass is 262 g/mol. The molecule has 0 spiro atoms. The lowest BCUT2D eigenvalue weighted by molar-refractivity contribution is 0.426. The zero-order valence-corrected chi connectivity index (χ0v) is 14.1. The van der Waals surface area contributed by atoms with Gasteiger partial charge in [0.2, 0.25) is 0 Å². The molecule has 0 heterocycles. The van der Waals surface area contributed by atoms with Gasteiger partial charge in [0, 0.05) is 0 Å². The van der Waals surface area contributed by atoms with Gasteiger partial charge in [-0.15, -0.1) is 0 Å². The highest BCUT2D eigenvalue weighted by atomic mass is 28.4. The minimum atomic E-state index is -1.86. The summed E-state index contributed by atoms with van der Waals surface area (Å²) in [4.78, 5) is 10.8. The van der Waals surface area contributed by atoms with Crippen molar-refractivity contribution < 1.29 is 0 Å². The lowest BCUT2D eigenvalue weighted by Gasteiger charge is -2.41. The Hall–Kier alpha value is 0.274. The second kappa shape index (κ2) is 6.88. The minimum absolute atomic E-state index is 1.05. The van der Waals surface area contributed by atoms with Gasteiger partial charge in [-0.2, -0.15) is 0 Å². The summed E-state index contributed by atoms with van der Waals surface area (Å²) in [6.07, 6.45) is 1.15. The second-order valence-corrected chi connectivity index (χ2v) is 14.2. The number of hydrogen-bond donors (Lipinski definition) is 3. The number of hydrogen-bond acceptors (Lipinski definition) is 4. The first kappa shape index (κ1) is 16.3. The standard InChI is InChI=1S/C10H30N4Si2/c1-8-14(9-2)16(11-3,12-4)13-10-15(5,6)7/h11-13H,8-10H2,1-7H3. The molecule has 0 aliphatic carbocycles. The van der Waals surface area contributed by atoms with E-state index in [2.05, 4.69) is 67.1 Å². The maximum absolute atomic E-state index is 3.78. The van der Waals surface area contributed by atoms with Gasteiger partial charge in [0.25, 0.3) is 0 Å². The van der Waals surface area contributed by atoms with Crippen molar-refractivity contribution in [1.82, 2.24) is 19.5 Å². The SMILES string of the molecule is CCN(CC)[Si](NC)(NC)NC[Si](C)(C)C. The number of nitrogens with zero attached hydrogens (tertiary/aromatic N) is 1. The Kier molecular flexibility index (Phi) is 6.99. The largest absolute Gasteiger partial charge is 0.368 e. The maximum Gasteiger partial charge on any atom is 0.368 e. The van der Waals surface area contributed by atoms with Gasteiger partial charge in [0.05, 0.1) is 8.07 Å². The van der Waals surface area contributed by atoms with Gasteiger partial charge in [-0.1, -0.05) is 33.5 Å². The van der Waals surface area contributed by atoms with Crippen molar-refractivity contribution in [2.45, 2.75) is 33.5 Å². The summed E-state index contributed by atoms with van der Waals surface area (Å²) in [6, 6.07) is 0. The molecule has 0 aromatic rings. The van der Waals surface area contributed by atoms with Crippen LogP contribution in [0.2, 0.25) is 19.6 Å². The van der Waals surface area contributed by atoms with Crippen LogP contribution in [-0.2, 0) is 0 Å². The van der Waals surface area contributed by atoms with E-state index < -0.39 is 16.8 Å². The molecule has 0 saturated carbocycles. The molecule has 4 nitrogen and oxygen atoms in total. The molecule has 0 rings (SSSR count). The summed E-state index contributed by atoms with van der Waals surface area (Å²) in [7, 11) is 1.19. The van der Waals surface area contributed by atoms with Crippen molar-refractivity contribution in [3.63, 3.8) is 0 Å². The molecule has 3 N–H and O–H groups in total. The Balaban J connectivity index is 4.67. The first-order chi connectivity index (χ1) is 7.35. The van der Waals surface area contributed by atoms with Crippen molar-refractivity contribution in [3.8, 4) is 0 Å². The summed E-state index contributed by atoms with van der Waals surface area (Å²) in [5.41, 5.74) is 0. The Morgan fingerprint density at radius 1 is 0.938 bits per heavy atom. The van der Waals surface area contributed by atoms with Gasteiger partial charge in [-0.3, -0.25) is 4.57 Å². The molecule has 16 heavy (non-hydrogen) atoms. The van der Waals surface area contributed by atoms with Crippen LogP contribution in [0.15, 0.2) is 0 Å². The molecule has 0 unspecified atom stereocenters. The molecule has 0 amide bonds. The summed E-state index contributed by atoms with van der Waals surface area (Å²) in [5.74, 6) is 0. The smallest absolute Gasteiger partial charge is 0.303 e. The van der Waals surface area contributed by atoms with E-state index in [9.17, 15) is 0 Å². The van der Waals surface area contributed by atoms with Crippen molar-refractivity contribution in [1.29, 1.82) is 0 Å². The Morgan fingerprint density at radius 2 is 1.38 bits per heavy atom. The molecule has 0 aromatic heterocycles. The highest BCUT2D eigenvalue weighted by Crippen LogP contribution is 2.03. The van der Waals surface area contributed by atoms with Crippen LogP contribution in [0.25, 0.3) is 0 Å². The number of rotatable bonds is 8. The molecule has 0 aliphatic rings. The fourth-order valence-corrected chi connectivity index (χ4v) is 7.37. The van der Waals surface area contributed by atoms with E-state index in [-0.39, 0.29) is 0 Å². The normalized spacial score (nSPS) is 13.5. The third-order valence-electron chi connectivity index (χ3n) is 2.84. The first-order valence-corrected chi connectivity index (χ1v) is 11.9. The third-order valence-corrected chi connectivity index (χ3v) is 8.14. The molecule has 0 radical (unpaired) electrons. The summed E-state index contributed by atoms with van der Waals surface area (Å²) >= 11 is 0. The molecule has 0 fully saturated rings. The van der Waals surface area contributed by atoms with Gasteiger partial charge < -0.3 is 14.9 Å². The van der Waals surface area contributed by atoms with E-state index in [0.29, 0.717) is 0 Å². The van der Waals surface area contributed by atoms with Crippen LogP contribution in [0, 0.1) is 0 Å². The Morgan fingerprint density at radius 3 is 1.62 bits per heavy atom. The summed E-state index contributed by atoms with van der Waals surface area (Å²) < 4.78 is 2.49. The van der Waals surface area contributed by atoms with E-state index in [4.69, 9.17) is 0 Å². The molecule has 0 aliphatic heterocycles. The van der Waals surface area contributed by atoms with Crippen molar-refractivity contribution in [3.05, 3.63) is 0 Å². The van der Waals surface area contributed by atoms with Crippen LogP contribution >= 0.6 is 0 Å². The van der Waals surface area contributed by atoms with Gasteiger partial charge in [-0.25, -0.2) is 0 Å². The average molecular weight is 263 g/mol. The van der Waals surface area contributed by atoms with Gasteiger partial charge in [-0.05, 0) is 33.4 Å². The van der Waals surface area contributed by atoms with Gasteiger partial charge >= 0.3 is 8.72 Å². The van der Waals surface area contributed by atoms with Crippen LogP contribution in [0.4, 0.5) is 0 Å². The molecule has 0 atom stereocenters. The fraction of sp³-hybridized carbons (Fsp3) is 1.00. The van der Waals surface area contributed by atoms with Crippen molar-refractivity contribution in [2.24, 2.45) is 0 Å². The second-order valence-electron chi connectivity index (χ2n) is 5.30. The van der Waals surface area contributed by atoms with Crippen LogP contribution in [0.1, 0.15) is 13.8 Å². The van der Waals surface area contributed by atoms with Crippen LogP contribution < -0.4 is 14.9 Å². The lowest BCUT2D eigenvalue weighted by Crippen LogP contribution is -2.81. The highest BCUT2D eigenvalue weighted by molar-refractivity contribution is 6.78. The quantitative estimate of drug-likeness (QED) is 0.562. The van der Waals surface area contributed by atoms with Crippen LogP contribution in [0.5, 0.6) is 0 Å². The molecule has 0 bridgehead atoms.